The molecule has 1 heterocycles. The summed E-state index contributed by atoms with van der Waals surface area (Å²) in [5.74, 6) is -1.23. The zero-order valence-corrected chi connectivity index (χ0v) is 21.2. The smallest absolute Gasteiger partial charge is 0.257 e. The quantitative estimate of drug-likeness (QED) is 0.517. The van der Waals surface area contributed by atoms with E-state index < -0.39 is 23.6 Å². The molecule has 2 aromatic rings. The fourth-order valence-corrected chi connectivity index (χ4v) is 4.16. The van der Waals surface area contributed by atoms with Gasteiger partial charge >= 0.3 is 0 Å². The average Bonchev–Trinajstić information content (AvgIpc) is 2.86. The highest BCUT2D eigenvalue weighted by Crippen LogP contribution is 2.38. The Balaban J connectivity index is 1.80. The van der Waals surface area contributed by atoms with Crippen LogP contribution in [0.5, 0.6) is 17.2 Å². The largest absolute Gasteiger partial charge is 0.493 e. The first-order chi connectivity index (χ1) is 17.2. The lowest BCUT2D eigenvalue weighted by Crippen LogP contribution is -2.51. The summed E-state index contributed by atoms with van der Waals surface area (Å²) in [6.45, 7) is 5.28. The second-order valence-electron chi connectivity index (χ2n) is 8.89. The Bertz CT molecular complexity index is 1070. The second-order valence-corrected chi connectivity index (χ2v) is 8.89. The molecule has 0 radical (unpaired) electrons. The van der Waals surface area contributed by atoms with Gasteiger partial charge < -0.3 is 28.7 Å². The number of rotatable bonds is 9. The molecular weight excluding hydrogens is 474 g/mol. The Kier molecular flexibility index (Phi) is 9.08. The van der Waals surface area contributed by atoms with Crippen molar-refractivity contribution in [2.45, 2.75) is 20.0 Å². The van der Waals surface area contributed by atoms with Crippen molar-refractivity contribution in [3.63, 3.8) is 0 Å². The summed E-state index contributed by atoms with van der Waals surface area (Å²) in [5, 5.41) is 0. The maximum atomic E-state index is 14.2. The number of carbonyl (C=O) groups excluding carboxylic acids is 2. The van der Waals surface area contributed by atoms with Gasteiger partial charge in [-0.3, -0.25) is 9.59 Å². The lowest BCUT2D eigenvalue weighted by molar-refractivity contribution is -0.0341. The molecular formula is C26H32F2N2O6. The van der Waals surface area contributed by atoms with E-state index in [1.807, 2.05) is 13.8 Å². The molecule has 10 heteroatoms. The third kappa shape index (κ3) is 6.23. The molecule has 0 bridgehead atoms. The number of carbonyl (C=O) groups is 2. The molecule has 1 saturated heterocycles. The lowest BCUT2D eigenvalue weighted by Gasteiger charge is -2.36. The molecule has 0 N–H and O–H groups in total. The number of amides is 2. The summed E-state index contributed by atoms with van der Waals surface area (Å²) >= 11 is 0. The Morgan fingerprint density at radius 3 is 2.31 bits per heavy atom. The number of methoxy groups -OCH3 is 3. The van der Waals surface area contributed by atoms with Gasteiger partial charge in [0.05, 0.1) is 39.6 Å². The van der Waals surface area contributed by atoms with Gasteiger partial charge in [0.2, 0.25) is 5.75 Å². The summed E-state index contributed by atoms with van der Waals surface area (Å²) in [7, 11) is 4.43. The zero-order valence-electron chi connectivity index (χ0n) is 21.2. The van der Waals surface area contributed by atoms with Gasteiger partial charge in [-0.2, -0.15) is 0 Å². The molecule has 0 aromatic heterocycles. The molecule has 8 nitrogen and oxygen atoms in total. The molecule has 2 aromatic carbocycles. The number of benzene rings is 2. The fraction of sp³-hybridized carbons (Fsp3) is 0.462. The first-order valence-corrected chi connectivity index (χ1v) is 11.6. The van der Waals surface area contributed by atoms with Crippen molar-refractivity contribution in [3.8, 4) is 17.2 Å². The number of hydrogen-bond acceptors (Lipinski definition) is 6. The minimum atomic E-state index is -0.915. The summed E-state index contributed by atoms with van der Waals surface area (Å²) in [5.41, 5.74) is 0.145. The van der Waals surface area contributed by atoms with Gasteiger partial charge in [0.25, 0.3) is 11.8 Å². The Labute approximate surface area is 209 Å². The van der Waals surface area contributed by atoms with E-state index in [0.29, 0.717) is 35.4 Å². The van der Waals surface area contributed by atoms with Gasteiger partial charge in [-0.1, -0.05) is 13.8 Å². The highest BCUT2D eigenvalue weighted by Gasteiger charge is 2.30. The maximum absolute atomic E-state index is 14.2. The van der Waals surface area contributed by atoms with E-state index in [1.165, 1.54) is 26.2 Å². The third-order valence-corrected chi connectivity index (χ3v) is 5.80. The minimum Gasteiger partial charge on any atom is -0.493 e. The number of ether oxygens (including phenoxy) is 4. The molecule has 0 saturated carbocycles. The van der Waals surface area contributed by atoms with E-state index >= 15 is 0 Å². The summed E-state index contributed by atoms with van der Waals surface area (Å²) in [6.07, 6.45) is -0.490. The number of nitrogens with zero attached hydrogens (tertiary/aromatic N) is 2. The molecule has 0 spiro atoms. The Morgan fingerprint density at radius 2 is 1.75 bits per heavy atom. The van der Waals surface area contributed by atoms with Crippen LogP contribution < -0.4 is 14.2 Å². The third-order valence-electron chi connectivity index (χ3n) is 5.80. The molecule has 3 rings (SSSR count). The van der Waals surface area contributed by atoms with E-state index in [4.69, 9.17) is 18.9 Å². The van der Waals surface area contributed by atoms with E-state index in [-0.39, 0.29) is 43.6 Å². The number of halogens is 2. The van der Waals surface area contributed by atoms with E-state index in [1.54, 1.807) is 17.0 Å². The van der Waals surface area contributed by atoms with Crippen LogP contribution in [0.3, 0.4) is 0 Å². The van der Waals surface area contributed by atoms with Crippen LogP contribution in [0.4, 0.5) is 8.78 Å². The Hall–Kier alpha value is -3.40. The van der Waals surface area contributed by atoms with Crippen LogP contribution in [0.25, 0.3) is 0 Å². The molecule has 1 atom stereocenters. The summed E-state index contributed by atoms with van der Waals surface area (Å²) < 4.78 is 49.4. The van der Waals surface area contributed by atoms with E-state index in [0.717, 1.165) is 12.1 Å². The lowest BCUT2D eigenvalue weighted by atomic mass is 10.1. The van der Waals surface area contributed by atoms with Crippen LogP contribution in [0.1, 0.15) is 34.6 Å². The molecule has 196 valence electrons. The van der Waals surface area contributed by atoms with Gasteiger partial charge in [0.15, 0.2) is 11.5 Å². The van der Waals surface area contributed by atoms with E-state index in [9.17, 15) is 18.4 Å². The molecule has 0 aliphatic carbocycles. The van der Waals surface area contributed by atoms with Crippen molar-refractivity contribution in [3.05, 3.63) is 53.1 Å². The highest BCUT2D eigenvalue weighted by atomic mass is 19.1. The Morgan fingerprint density at radius 1 is 1.08 bits per heavy atom. The van der Waals surface area contributed by atoms with Gasteiger partial charge in [-0.25, -0.2) is 8.78 Å². The van der Waals surface area contributed by atoms with Crippen molar-refractivity contribution in [2.75, 3.05) is 54.1 Å². The molecule has 0 unspecified atom stereocenters. The number of hydrogen-bond donors (Lipinski definition) is 0. The van der Waals surface area contributed by atoms with Gasteiger partial charge in [-0.05, 0) is 30.2 Å². The molecule has 1 aliphatic rings. The number of morpholine rings is 1. The standard InChI is InChI=1S/C26H32F2N2O6/c1-16(2)13-30(25(31)17-10-22(33-3)24(35-5)23(11-17)34-4)15-19-14-29(8-9-36-19)26(32)20-7-6-18(27)12-21(20)28/h6-7,10-12,16,19H,8-9,13-15H2,1-5H3/t19-/m0/s1. The zero-order chi connectivity index (χ0) is 26.4. The normalized spacial score (nSPS) is 15.6. The fourth-order valence-electron chi connectivity index (χ4n) is 4.16. The van der Waals surface area contributed by atoms with E-state index in [2.05, 4.69) is 0 Å². The van der Waals surface area contributed by atoms with Crippen LogP contribution >= 0.6 is 0 Å². The predicted octanol–water partition coefficient (Wildman–Crippen LogP) is 3.63. The maximum Gasteiger partial charge on any atom is 0.257 e. The summed E-state index contributed by atoms with van der Waals surface area (Å²) in [4.78, 5) is 29.6. The van der Waals surface area contributed by atoms with Crippen molar-refractivity contribution in [2.24, 2.45) is 5.92 Å². The molecule has 1 fully saturated rings. The van der Waals surface area contributed by atoms with Crippen LogP contribution in [-0.2, 0) is 4.74 Å². The van der Waals surface area contributed by atoms with Gasteiger partial charge in [0, 0.05) is 37.8 Å². The van der Waals surface area contributed by atoms with Crippen molar-refractivity contribution in [1.29, 1.82) is 0 Å². The SMILES string of the molecule is COc1cc(C(=O)N(CC(C)C)C[C@@H]2CN(C(=O)c3ccc(F)cc3F)CCO2)cc(OC)c1OC. The monoisotopic (exact) mass is 506 g/mol. The topological polar surface area (TPSA) is 77.5 Å². The predicted molar refractivity (Wildman–Crippen MR) is 129 cm³/mol. The van der Waals surface area contributed by atoms with Crippen LogP contribution in [0.15, 0.2) is 30.3 Å². The van der Waals surface area contributed by atoms with Gasteiger partial charge in [-0.15, -0.1) is 0 Å². The first kappa shape index (κ1) is 27.2. The highest BCUT2D eigenvalue weighted by molar-refractivity contribution is 5.96. The van der Waals surface area contributed by atoms with Crippen LogP contribution in [0, 0.1) is 17.6 Å². The second kappa shape index (κ2) is 12.0. The van der Waals surface area contributed by atoms with Crippen LogP contribution in [0.2, 0.25) is 0 Å². The minimum absolute atomic E-state index is 0.158. The van der Waals surface area contributed by atoms with Crippen molar-refractivity contribution < 1.29 is 37.3 Å². The van der Waals surface area contributed by atoms with Crippen molar-refractivity contribution >= 4 is 11.8 Å². The van der Waals surface area contributed by atoms with Gasteiger partial charge in [0.1, 0.15) is 11.6 Å². The first-order valence-electron chi connectivity index (χ1n) is 11.6. The average molecular weight is 507 g/mol. The molecule has 2 amide bonds. The van der Waals surface area contributed by atoms with Crippen molar-refractivity contribution in [1.82, 2.24) is 9.80 Å². The molecule has 36 heavy (non-hydrogen) atoms. The molecule has 1 aliphatic heterocycles. The van der Waals surface area contributed by atoms with Crippen LogP contribution in [-0.4, -0.2) is 81.8 Å². The summed E-state index contributed by atoms with van der Waals surface area (Å²) in [6, 6.07) is 6.05.